The van der Waals surface area contributed by atoms with E-state index in [0.717, 1.165) is 28.8 Å². The van der Waals surface area contributed by atoms with Crippen LogP contribution in [0, 0.1) is 11.8 Å². The van der Waals surface area contributed by atoms with Crippen LogP contribution in [-0.4, -0.2) is 54.9 Å². The molecule has 2 heterocycles. The standard InChI is InChI=1S/C28H35N3O5/c1-5-35-27(33)24-25(20-11-13-21(14-12-20)36-18-15-19(2)3)31-23-10-7-6-9-22(23)29-28(31)30(26(24)32)16-8-17-34-4/h6-7,9-14,19,24-25H,5,8,15-18H2,1-4H3/t24-,25+/m1/s1. The lowest BCUT2D eigenvalue weighted by atomic mass is 9.89. The van der Waals surface area contributed by atoms with E-state index >= 15 is 0 Å². The van der Waals surface area contributed by atoms with E-state index in [1.807, 2.05) is 53.1 Å². The minimum absolute atomic E-state index is 0.194. The quantitative estimate of drug-likeness (QED) is 0.220. The number of carbonyl (C=O) groups is 2. The van der Waals surface area contributed by atoms with Crippen molar-refractivity contribution in [2.75, 3.05) is 38.4 Å². The summed E-state index contributed by atoms with van der Waals surface area (Å²) in [6.07, 6.45) is 1.58. The number of ether oxygens (including phenoxy) is 3. The summed E-state index contributed by atoms with van der Waals surface area (Å²) < 4.78 is 18.5. The fraction of sp³-hybridized carbons (Fsp3) is 0.464. The van der Waals surface area contributed by atoms with Crippen LogP contribution in [0.4, 0.5) is 5.95 Å². The lowest BCUT2D eigenvalue weighted by Gasteiger charge is -2.38. The predicted molar refractivity (Wildman–Crippen MR) is 138 cm³/mol. The first-order valence-electron chi connectivity index (χ1n) is 12.6. The smallest absolute Gasteiger partial charge is 0.321 e. The average Bonchev–Trinajstić information content (AvgIpc) is 3.24. The third kappa shape index (κ3) is 5.23. The normalized spacial score (nSPS) is 17.5. The van der Waals surface area contributed by atoms with Gasteiger partial charge in [0.05, 0.1) is 30.3 Å². The number of hydrogen-bond donors (Lipinski definition) is 0. The van der Waals surface area contributed by atoms with Crippen LogP contribution >= 0.6 is 0 Å². The largest absolute Gasteiger partial charge is 0.494 e. The molecule has 1 aliphatic rings. The second-order valence-electron chi connectivity index (χ2n) is 9.38. The third-order valence-corrected chi connectivity index (χ3v) is 6.40. The molecule has 1 amide bonds. The number of fused-ring (bicyclic) bond motifs is 3. The van der Waals surface area contributed by atoms with Crippen molar-refractivity contribution in [1.82, 2.24) is 9.55 Å². The minimum Gasteiger partial charge on any atom is -0.494 e. The van der Waals surface area contributed by atoms with Crippen molar-refractivity contribution in [3.63, 3.8) is 0 Å². The molecule has 0 saturated heterocycles. The molecule has 192 valence electrons. The number of esters is 1. The number of amides is 1. The van der Waals surface area contributed by atoms with Gasteiger partial charge < -0.3 is 18.8 Å². The van der Waals surface area contributed by atoms with E-state index in [2.05, 4.69) is 13.8 Å². The van der Waals surface area contributed by atoms with Crippen LogP contribution in [0.3, 0.4) is 0 Å². The van der Waals surface area contributed by atoms with Crippen LogP contribution in [0.5, 0.6) is 5.75 Å². The van der Waals surface area contributed by atoms with Gasteiger partial charge in [-0.2, -0.15) is 0 Å². The number of para-hydroxylation sites is 2. The first kappa shape index (κ1) is 25.7. The molecule has 8 heteroatoms. The molecule has 0 radical (unpaired) electrons. The van der Waals surface area contributed by atoms with Crippen LogP contribution in [0.25, 0.3) is 11.0 Å². The second-order valence-corrected chi connectivity index (χ2v) is 9.38. The first-order valence-corrected chi connectivity index (χ1v) is 12.6. The Morgan fingerprint density at radius 1 is 1.08 bits per heavy atom. The van der Waals surface area contributed by atoms with Gasteiger partial charge in [-0.15, -0.1) is 0 Å². The highest BCUT2D eigenvalue weighted by atomic mass is 16.5. The molecule has 0 bridgehead atoms. The fourth-order valence-corrected chi connectivity index (χ4v) is 4.60. The maximum atomic E-state index is 13.8. The topological polar surface area (TPSA) is 82.9 Å². The molecule has 0 saturated carbocycles. The van der Waals surface area contributed by atoms with Crippen molar-refractivity contribution in [3.8, 4) is 5.75 Å². The molecule has 2 aromatic carbocycles. The van der Waals surface area contributed by atoms with Crippen molar-refractivity contribution in [2.24, 2.45) is 11.8 Å². The number of imidazole rings is 1. The molecule has 2 atom stereocenters. The Kier molecular flexibility index (Phi) is 8.25. The summed E-state index contributed by atoms with van der Waals surface area (Å²) in [5.74, 6) is -0.0428. The van der Waals surface area contributed by atoms with Crippen LogP contribution in [0.2, 0.25) is 0 Å². The Labute approximate surface area is 212 Å². The van der Waals surface area contributed by atoms with Gasteiger partial charge in [0.2, 0.25) is 11.9 Å². The summed E-state index contributed by atoms with van der Waals surface area (Å²) in [4.78, 5) is 33.5. The number of benzene rings is 2. The zero-order chi connectivity index (χ0) is 25.7. The number of anilines is 1. The average molecular weight is 494 g/mol. The predicted octanol–water partition coefficient (Wildman–Crippen LogP) is 4.61. The number of aromatic nitrogens is 2. The number of hydrogen-bond acceptors (Lipinski definition) is 6. The monoisotopic (exact) mass is 493 g/mol. The molecular formula is C28H35N3O5. The van der Waals surface area contributed by atoms with E-state index in [4.69, 9.17) is 19.2 Å². The van der Waals surface area contributed by atoms with Crippen molar-refractivity contribution in [2.45, 2.75) is 39.7 Å². The van der Waals surface area contributed by atoms with E-state index in [9.17, 15) is 9.59 Å². The fourth-order valence-electron chi connectivity index (χ4n) is 4.60. The van der Waals surface area contributed by atoms with Gasteiger partial charge in [0.15, 0.2) is 5.92 Å². The maximum Gasteiger partial charge on any atom is 0.321 e. The second kappa shape index (κ2) is 11.6. The van der Waals surface area contributed by atoms with Gasteiger partial charge in [-0.25, -0.2) is 4.98 Å². The van der Waals surface area contributed by atoms with E-state index in [1.54, 1.807) is 18.9 Å². The Bertz CT molecular complexity index is 1190. The molecule has 0 N–H and O–H groups in total. The molecule has 3 aromatic rings. The zero-order valence-corrected chi connectivity index (χ0v) is 21.5. The van der Waals surface area contributed by atoms with E-state index in [0.29, 0.717) is 38.0 Å². The SMILES string of the molecule is CCOC(=O)[C@H]1C(=O)N(CCCOC)c2nc3ccccc3n2[C@H]1c1ccc(OCCC(C)C)cc1. The van der Waals surface area contributed by atoms with Gasteiger partial charge in [-0.3, -0.25) is 14.5 Å². The Balaban J connectivity index is 1.79. The van der Waals surface area contributed by atoms with E-state index in [-0.39, 0.29) is 12.5 Å². The van der Waals surface area contributed by atoms with Crippen LogP contribution in [-0.2, 0) is 19.1 Å². The summed E-state index contributed by atoms with van der Waals surface area (Å²) in [5, 5.41) is 0. The molecule has 1 aromatic heterocycles. The summed E-state index contributed by atoms with van der Waals surface area (Å²) >= 11 is 0. The highest BCUT2D eigenvalue weighted by Crippen LogP contribution is 2.41. The summed E-state index contributed by atoms with van der Waals surface area (Å²) in [6, 6.07) is 14.8. The van der Waals surface area contributed by atoms with Gasteiger partial charge in [0.1, 0.15) is 5.75 Å². The molecule has 8 nitrogen and oxygen atoms in total. The van der Waals surface area contributed by atoms with E-state index in [1.165, 1.54) is 0 Å². The van der Waals surface area contributed by atoms with Crippen LogP contribution in [0.15, 0.2) is 48.5 Å². The molecule has 36 heavy (non-hydrogen) atoms. The van der Waals surface area contributed by atoms with Gasteiger partial charge in [-0.1, -0.05) is 38.1 Å². The Morgan fingerprint density at radius 2 is 1.83 bits per heavy atom. The van der Waals surface area contributed by atoms with Gasteiger partial charge in [-0.05, 0) is 55.5 Å². The van der Waals surface area contributed by atoms with Crippen molar-refractivity contribution in [3.05, 3.63) is 54.1 Å². The van der Waals surface area contributed by atoms with Gasteiger partial charge in [0, 0.05) is 20.3 Å². The Morgan fingerprint density at radius 3 is 2.53 bits per heavy atom. The third-order valence-electron chi connectivity index (χ3n) is 6.40. The van der Waals surface area contributed by atoms with Gasteiger partial charge >= 0.3 is 5.97 Å². The summed E-state index contributed by atoms with van der Waals surface area (Å²) in [7, 11) is 1.63. The molecule has 0 spiro atoms. The molecular weight excluding hydrogens is 458 g/mol. The zero-order valence-electron chi connectivity index (χ0n) is 21.5. The highest BCUT2D eigenvalue weighted by Gasteiger charge is 2.47. The van der Waals surface area contributed by atoms with Crippen LogP contribution in [0.1, 0.15) is 45.2 Å². The van der Waals surface area contributed by atoms with Crippen LogP contribution < -0.4 is 9.64 Å². The first-order chi connectivity index (χ1) is 17.5. The summed E-state index contributed by atoms with van der Waals surface area (Å²) in [5.41, 5.74) is 2.44. The van der Waals surface area contributed by atoms with E-state index < -0.39 is 17.9 Å². The number of methoxy groups -OCH3 is 1. The lowest BCUT2D eigenvalue weighted by molar-refractivity contribution is -0.153. The number of rotatable bonds is 11. The van der Waals surface area contributed by atoms with Crippen molar-refractivity contribution < 1.29 is 23.8 Å². The minimum atomic E-state index is -1.04. The molecule has 1 aliphatic heterocycles. The van der Waals surface area contributed by atoms with Crippen molar-refractivity contribution >= 4 is 28.9 Å². The highest BCUT2D eigenvalue weighted by molar-refractivity contribution is 6.08. The molecule has 4 rings (SSSR count). The van der Waals surface area contributed by atoms with Gasteiger partial charge in [0.25, 0.3) is 0 Å². The number of nitrogens with zero attached hydrogens (tertiary/aromatic N) is 3. The molecule has 0 unspecified atom stereocenters. The molecule has 0 aliphatic carbocycles. The lowest BCUT2D eigenvalue weighted by Crippen LogP contribution is -2.50. The molecule has 0 fully saturated rings. The maximum absolute atomic E-state index is 13.8. The Hall–Kier alpha value is -3.39. The number of carbonyl (C=O) groups excluding carboxylic acids is 2. The van der Waals surface area contributed by atoms with Crippen molar-refractivity contribution in [1.29, 1.82) is 0 Å². The summed E-state index contributed by atoms with van der Waals surface area (Å²) in [6.45, 7) is 7.78.